The number of nitrogens with two attached hydrogens (primary N) is 1. The van der Waals surface area contributed by atoms with Crippen molar-refractivity contribution in [3.63, 3.8) is 0 Å². The van der Waals surface area contributed by atoms with Gasteiger partial charge in [0.15, 0.2) is 5.82 Å². The van der Waals surface area contributed by atoms with Gasteiger partial charge in [-0.05, 0) is 57.0 Å². The molecule has 0 aliphatic rings. The Labute approximate surface area is 164 Å². The highest BCUT2D eigenvalue weighted by Gasteiger charge is 2.24. The molecule has 0 aliphatic heterocycles. The van der Waals surface area contributed by atoms with Gasteiger partial charge in [-0.2, -0.15) is 0 Å². The van der Waals surface area contributed by atoms with Gasteiger partial charge in [-0.25, -0.2) is 19.9 Å². The molecule has 0 radical (unpaired) electrons. The van der Waals surface area contributed by atoms with Crippen molar-refractivity contribution in [1.29, 1.82) is 0 Å². The molecule has 0 aromatic carbocycles. The van der Waals surface area contributed by atoms with Crippen molar-refractivity contribution in [3.05, 3.63) is 65.7 Å². The van der Waals surface area contributed by atoms with Gasteiger partial charge in [0.2, 0.25) is 0 Å². The lowest BCUT2D eigenvalue weighted by Crippen LogP contribution is -2.18. The molecule has 0 amide bonds. The number of aryl methyl sites for hydroxylation is 2. The zero-order chi connectivity index (χ0) is 19.9. The predicted octanol–water partition coefficient (Wildman–Crippen LogP) is 3.10. The molecule has 144 valence electrons. The van der Waals surface area contributed by atoms with Crippen LogP contribution >= 0.6 is 0 Å². The third-order valence-corrected chi connectivity index (χ3v) is 4.24. The first kappa shape index (κ1) is 19.4. The van der Waals surface area contributed by atoms with E-state index in [1.54, 1.807) is 25.3 Å². The number of hydrogen-bond acceptors (Lipinski definition) is 7. The third kappa shape index (κ3) is 4.88. The van der Waals surface area contributed by atoms with Gasteiger partial charge in [-0.3, -0.25) is 4.79 Å². The van der Waals surface area contributed by atoms with Crippen molar-refractivity contribution >= 4 is 11.8 Å². The maximum Gasteiger partial charge on any atom is 0.315 e. The van der Waals surface area contributed by atoms with Crippen LogP contribution in [-0.4, -0.2) is 32.5 Å². The second kappa shape index (κ2) is 9.03. The first-order chi connectivity index (χ1) is 13.6. The standard InChI is InChI=1S/C21H23N5O2/c1-3-28-21(27)16(11-10-15-7-5-9-19(22)25-15)17-12-13-23-20(26-17)18-8-4-6-14(2)24-18/h4-9,12-13,16H,3,10-11H2,1-2H3,(H2,22,25). The monoisotopic (exact) mass is 377 g/mol. The Morgan fingerprint density at radius 1 is 1.11 bits per heavy atom. The lowest BCUT2D eigenvalue weighted by Gasteiger charge is -2.15. The van der Waals surface area contributed by atoms with E-state index in [0.717, 1.165) is 11.4 Å². The fourth-order valence-electron chi connectivity index (χ4n) is 2.92. The van der Waals surface area contributed by atoms with Crippen molar-refractivity contribution in [2.75, 3.05) is 12.3 Å². The van der Waals surface area contributed by atoms with Crippen LogP contribution in [0.4, 0.5) is 5.82 Å². The largest absolute Gasteiger partial charge is 0.465 e. The zero-order valence-electron chi connectivity index (χ0n) is 16.0. The first-order valence-electron chi connectivity index (χ1n) is 9.22. The summed E-state index contributed by atoms with van der Waals surface area (Å²) in [5.41, 5.74) is 8.72. The van der Waals surface area contributed by atoms with Gasteiger partial charge in [0, 0.05) is 17.6 Å². The Morgan fingerprint density at radius 3 is 2.68 bits per heavy atom. The smallest absolute Gasteiger partial charge is 0.315 e. The molecule has 0 saturated heterocycles. The maximum atomic E-state index is 12.6. The Morgan fingerprint density at radius 2 is 1.93 bits per heavy atom. The fourth-order valence-corrected chi connectivity index (χ4v) is 2.92. The van der Waals surface area contributed by atoms with Gasteiger partial charge in [-0.15, -0.1) is 0 Å². The Balaban J connectivity index is 1.87. The van der Waals surface area contributed by atoms with Crippen LogP contribution in [0.2, 0.25) is 0 Å². The summed E-state index contributed by atoms with van der Waals surface area (Å²) < 4.78 is 5.28. The van der Waals surface area contributed by atoms with Crippen LogP contribution in [0, 0.1) is 6.92 Å². The van der Waals surface area contributed by atoms with Crippen molar-refractivity contribution < 1.29 is 9.53 Å². The molecule has 0 aliphatic carbocycles. The van der Waals surface area contributed by atoms with Crippen molar-refractivity contribution in [3.8, 4) is 11.5 Å². The minimum Gasteiger partial charge on any atom is -0.465 e. The van der Waals surface area contributed by atoms with Crippen LogP contribution in [0.5, 0.6) is 0 Å². The lowest BCUT2D eigenvalue weighted by atomic mass is 9.97. The molecule has 3 heterocycles. The van der Waals surface area contributed by atoms with E-state index in [1.165, 1.54) is 0 Å². The number of esters is 1. The van der Waals surface area contributed by atoms with Gasteiger partial charge in [-0.1, -0.05) is 12.1 Å². The minimum atomic E-state index is -0.519. The van der Waals surface area contributed by atoms with E-state index in [-0.39, 0.29) is 5.97 Å². The van der Waals surface area contributed by atoms with Crippen molar-refractivity contribution in [2.45, 2.75) is 32.6 Å². The number of pyridine rings is 2. The van der Waals surface area contributed by atoms with Crippen LogP contribution in [-0.2, 0) is 16.0 Å². The molecule has 0 spiro atoms. The summed E-state index contributed by atoms with van der Waals surface area (Å²) in [6.07, 6.45) is 2.73. The highest BCUT2D eigenvalue weighted by atomic mass is 16.5. The number of carbonyl (C=O) groups is 1. The molecule has 28 heavy (non-hydrogen) atoms. The summed E-state index contributed by atoms with van der Waals surface area (Å²) in [6.45, 7) is 4.01. The molecule has 3 rings (SSSR count). The number of aromatic nitrogens is 4. The molecular formula is C21H23N5O2. The average Bonchev–Trinajstić information content (AvgIpc) is 2.69. The number of hydrogen-bond donors (Lipinski definition) is 1. The SMILES string of the molecule is CCOC(=O)C(CCc1cccc(N)n1)c1ccnc(-c2cccc(C)n2)n1. The summed E-state index contributed by atoms with van der Waals surface area (Å²) in [7, 11) is 0. The molecule has 7 nitrogen and oxygen atoms in total. The fraction of sp³-hybridized carbons (Fsp3) is 0.286. The van der Waals surface area contributed by atoms with E-state index >= 15 is 0 Å². The van der Waals surface area contributed by atoms with E-state index in [2.05, 4.69) is 19.9 Å². The van der Waals surface area contributed by atoms with Crippen molar-refractivity contribution in [1.82, 2.24) is 19.9 Å². The van der Waals surface area contributed by atoms with E-state index in [9.17, 15) is 4.79 Å². The average molecular weight is 377 g/mol. The molecule has 0 bridgehead atoms. The van der Waals surface area contributed by atoms with Gasteiger partial charge < -0.3 is 10.5 Å². The molecule has 7 heteroatoms. The molecule has 3 aromatic rings. The molecule has 1 atom stereocenters. The Bertz CT molecular complexity index is 961. The number of rotatable bonds is 7. The third-order valence-electron chi connectivity index (χ3n) is 4.24. The maximum absolute atomic E-state index is 12.6. The summed E-state index contributed by atoms with van der Waals surface area (Å²) in [5, 5.41) is 0. The van der Waals surface area contributed by atoms with E-state index in [1.807, 2.05) is 37.3 Å². The molecule has 0 fully saturated rings. The van der Waals surface area contributed by atoms with Crippen LogP contribution in [0.15, 0.2) is 48.7 Å². The molecule has 3 aromatic heterocycles. The van der Waals surface area contributed by atoms with Gasteiger partial charge in [0.25, 0.3) is 0 Å². The summed E-state index contributed by atoms with van der Waals surface area (Å²) >= 11 is 0. The van der Waals surface area contributed by atoms with Gasteiger partial charge in [0.05, 0.1) is 18.2 Å². The highest BCUT2D eigenvalue weighted by molar-refractivity contribution is 5.77. The molecular weight excluding hydrogens is 354 g/mol. The number of nitrogen functional groups attached to an aromatic ring is 1. The quantitative estimate of drug-likeness (QED) is 0.631. The first-order valence-corrected chi connectivity index (χ1v) is 9.22. The van der Waals surface area contributed by atoms with E-state index in [0.29, 0.717) is 42.5 Å². The number of carbonyl (C=O) groups excluding carboxylic acids is 1. The molecule has 0 saturated carbocycles. The lowest BCUT2D eigenvalue weighted by molar-refractivity contribution is -0.145. The zero-order valence-corrected chi connectivity index (χ0v) is 16.0. The predicted molar refractivity (Wildman–Crippen MR) is 106 cm³/mol. The van der Waals surface area contributed by atoms with Crippen LogP contribution in [0.1, 0.15) is 36.3 Å². The van der Waals surface area contributed by atoms with Gasteiger partial charge in [0.1, 0.15) is 11.5 Å². The second-order valence-electron chi connectivity index (χ2n) is 6.37. The number of anilines is 1. The molecule has 1 unspecified atom stereocenters. The highest BCUT2D eigenvalue weighted by Crippen LogP contribution is 2.24. The summed E-state index contributed by atoms with van der Waals surface area (Å²) in [5.74, 6) is 0.112. The van der Waals surface area contributed by atoms with Crippen molar-refractivity contribution in [2.24, 2.45) is 0 Å². The van der Waals surface area contributed by atoms with E-state index in [4.69, 9.17) is 10.5 Å². The number of ether oxygens (including phenoxy) is 1. The summed E-state index contributed by atoms with van der Waals surface area (Å²) in [6, 6.07) is 12.9. The Hall–Kier alpha value is -3.35. The second-order valence-corrected chi connectivity index (χ2v) is 6.37. The van der Waals surface area contributed by atoms with Crippen LogP contribution in [0.3, 0.4) is 0 Å². The number of nitrogens with zero attached hydrogens (tertiary/aromatic N) is 4. The summed E-state index contributed by atoms with van der Waals surface area (Å²) in [4.78, 5) is 30.3. The van der Waals surface area contributed by atoms with Gasteiger partial charge >= 0.3 is 5.97 Å². The van der Waals surface area contributed by atoms with Crippen LogP contribution < -0.4 is 5.73 Å². The Kier molecular flexibility index (Phi) is 6.26. The minimum absolute atomic E-state index is 0.309. The molecule has 2 N–H and O–H groups in total. The van der Waals surface area contributed by atoms with Crippen LogP contribution in [0.25, 0.3) is 11.5 Å². The topological polar surface area (TPSA) is 104 Å². The van der Waals surface area contributed by atoms with E-state index < -0.39 is 5.92 Å². The normalized spacial score (nSPS) is 11.8.